The number of carbonyl (C=O) groups excluding carboxylic acids is 2. The molecule has 9 heteroatoms. The second kappa shape index (κ2) is 7.73. The average Bonchev–Trinajstić information content (AvgIpc) is 2.52. The number of hydrogen-bond acceptors (Lipinski definition) is 7. The van der Waals surface area contributed by atoms with Crippen molar-refractivity contribution in [2.75, 3.05) is 19.5 Å². The number of carbonyl (C=O) groups is 2. The van der Waals surface area contributed by atoms with E-state index in [1.807, 2.05) is 0 Å². The van der Waals surface area contributed by atoms with Crippen molar-refractivity contribution in [1.29, 1.82) is 0 Å². The summed E-state index contributed by atoms with van der Waals surface area (Å²) < 4.78 is 9.59. The lowest BCUT2D eigenvalue weighted by Crippen LogP contribution is -2.17. The largest absolute Gasteiger partial charge is 0.466 e. The fraction of sp³-hybridized carbons (Fsp3) is 0.286. The number of halogens is 1. The van der Waals surface area contributed by atoms with Crippen molar-refractivity contribution in [3.8, 4) is 0 Å². The van der Waals surface area contributed by atoms with Gasteiger partial charge in [-0.3, -0.25) is 10.1 Å². The molecule has 8 nitrogen and oxygen atoms in total. The van der Waals surface area contributed by atoms with Gasteiger partial charge < -0.3 is 14.8 Å². The Hall–Kier alpha value is -2.42. The van der Waals surface area contributed by atoms with Crippen molar-refractivity contribution in [1.82, 2.24) is 0 Å². The highest BCUT2D eigenvalue weighted by molar-refractivity contribution is 9.10. The van der Waals surface area contributed by atoms with E-state index in [0.717, 1.165) is 25.9 Å². The van der Waals surface area contributed by atoms with Crippen LogP contribution in [0, 0.1) is 24.0 Å². The third kappa shape index (κ3) is 4.28. The van der Waals surface area contributed by atoms with Crippen LogP contribution < -0.4 is 5.32 Å². The van der Waals surface area contributed by atoms with E-state index in [9.17, 15) is 19.7 Å². The van der Waals surface area contributed by atoms with Gasteiger partial charge >= 0.3 is 11.9 Å². The molecular formula is C14H15BrN2O6. The average molecular weight is 387 g/mol. The number of nitrogens with zero attached hydrogens (tertiary/aromatic N) is 1. The standard InChI is InChI=1S/C14H15BrN2O6/c1-7-8(2)13(11(17(20)21)5-9(7)15)16-10(14(19)23-4)6-12(18)22-3/h5-6,16H,1-4H3/b10-6+. The monoisotopic (exact) mass is 386 g/mol. The minimum Gasteiger partial charge on any atom is -0.466 e. The highest BCUT2D eigenvalue weighted by atomic mass is 79.9. The third-order valence-electron chi connectivity index (χ3n) is 3.14. The number of hydrogen-bond donors (Lipinski definition) is 1. The van der Waals surface area contributed by atoms with Crippen LogP contribution in [0.3, 0.4) is 0 Å². The lowest BCUT2D eigenvalue weighted by Gasteiger charge is -2.14. The smallest absolute Gasteiger partial charge is 0.354 e. The molecule has 0 saturated heterocycles. The minimum atomic E-state index is -0.857. The maximum absolute atomic E-state index is 11.8. The van der Waals surface area contributed by atoms with Crippen molar-refractivity contribution >= 4 is 39.2 Å². The second-order valence-electron chi connectivity index (χ2n) is 4.46. The van der Waals surface area contributed by atoms with E-state index in [1.54, 1.807) is 13.8 Å². The first kappa shape index (κ1) is 18.6. The summed E-state index contributed by atoms with van der Waals surface area (Å²) in [6.45, 7) is 3.42. The van der Waals surface area contributed by atoms with Crippen LogP contribution in [0.2, 0.25) is 0 Å². The molecule has 1 N–H and O–H groups in total. The summed E-state index contributed by atoms with van der Waals surface area (Å²) in [4.78, 5) is 33.8. The SMILES string of the molecule is COC(=O)/C=C(/Nc1c([N+](=O)[O-])cc(Br)c(C)c1C)C(=O)OC. The summed E-state index contributed by atoms with van der Waals surface area (Å²) >= 11 is 3.25. The molecule has 0 fully saturated rings. The van der Waals surface area contributed by atoms with Gasteiger partial charge in [0.25, 0.3) is 5.69 Å². The highest BCUT2D eigenvalue weighted by Gasteiger charge is 2.23. The molecule has 0 atom stereocenters. The maximum atomic E-state index is 11.8. The molecule has 23 heavy (non-hydrogen) atoms. The number of anilines is 1. The topological polar surface area (TPSA) is 108 Å². The van der Waals surface area contributed by atoms with Crippen LogP contribution in [0.25, 0.3) is 0 Å². The second-order valence-corrected chi connectivity index (χ2v) is 5.31. The number of nitrogens with one attached hydrogen (secondary N) is 1. The van der Waals surface area contributed by atoms with Crippen LogP contribution in [-0.4, -0.2) is 31.1 Å². The Bertz CT molecular complexity index is 699. The van der Waals surface area contributed by atoms with Gasteiger partial charge in [-0.05, 0) is 25.0 Å². The molecule has 1 aromatic rings. The maximum Gasteiger partial charge on any atom is 0.354 e. The molecule has 0 saturated carbocycles. The van der Waals surface area contributed by atoms with Crippen LogP contribution >= 0.6 is 15.9 Å². The molecule has 0 amide bonds. The molecule has 0 aromatic heterocycles. The molecule has 0 unspecified atom stereocenters. The number of methoxy groups -OCH3 is 2. The molecule has 0 heterocycles. The summed E-state index contributed by atoms with van der Waals surface area (Å²) in [5.74, 6) is -1.66. The van der Waals surface area contributed by atoms with Gasteiger partial charge in [-0.25, -0.2) is 9.59 Å². The number of esters is 2. The van der Waals surface area contributed by atoms with E-state index in [0.29, 0.717) is 10.0 Å². The van der Waals surface area contributed by atoms with Crippen LogP contribution in [0.15, 0.2) is 22.3 Å². The normalized spacial score (nSPS) is 10.9. The third-order valence-corrected chi connectivity index (χ3v) is 3.96. The molecule has 0 bridgehead atoms. The quantitative estimate of drug-likeness (QED) is 0.358. The van der Waals surface area contributed by atoms with E-state index in [2.05, 4.69) is 30.7 Å². The molecule has 0 aliphatic carbocycles. The Balaban J connectivity index is 3.47. The van der Waals surface area contributed by atoms with Gasteiger partial charge in [0, 0.05) is 10.5 Å². The number of benzene rings is 1. The number of rotatable bonds is 5. The molecule has 0 aliphatic heterocycles. The molecule has 1 aromatic carbocycles. The van der Waals surface area contributed by atoms with Crippen molar-refractivity contribution in [3.05, 3.63) is 43.6 Å². The summed E-state index contributed by atoms with van der Waals surface area (Å²) in [7, 11) is 2.27. The lowest BCUT2D eigenvalue weighted by molar-refractivity contribution is -0.384. The molecule has 0 spiro atoms. The fourth-order valence-electron chi connectivity index (χ4n) is 1.73. The van der Waals surface area contributed by atoms with Gasteiger partial charge in [-0.1, -0.05) is 15.9 Å². The number of nitro benzene ring substituents is 1. The van der Waals surface area contributed by atoms with E-state index in [-0.39, 0.29) is 17.1 Å². The van der Waals surface area contributed by atoms with Crippen LogP contribution in [-0.2, 0) is 19.1 Å². The predicted octanol–water partition coefficient (Wildman–Crippen LogP) is 2.62. The van der Waals surface area contributed by atoms with Crippen LogP contribution in [0.1, 0.15) is 11.1 Å². The zero-order valence-corrected chi connectivity index (χ0v) is 14.5. The first-order chi connectivity index (χ1) is 10.7. The van der Waals surface area contributed by atoms with Crippen LogP contribution in [0.4, 0.5) is 11.4 Å². The molecule has 124 valence electrons. The Kier molecular flexibility index (Phi) is 6.26. The Morgan fingerprint density at radius 1 is 1.26 bits per heavy atom. The van der Waals surface area contributed by atoms with Crippen molar-refractivity contribution in [2.45, 2.75) is 13.8 Å². The van der Waals surface area contributed by atoms with Gasteiger partial charge in [0.15, 0.2) is 0 Å². The molecule has 1 rings (SSSR count). The summed E-state index contributed by atoms with van der Waals surface area (Å²) in [5.41, 5.74) is 0.870. The summed E-state index contributed by atoms with van der Waals surface area (Å²) in [6.07, 6.45) is 0.867. The van der Waals surface area contributed by atoms with E-state index < -0.39 is 16.9 Å². The van der Waals surface area contributed by atoms with Gasteiger partial charge in [0.05, 0.1) is 25.2 Å². The van der Waals surface area contributed by atoms with Gasteiger partial charge in [0.2, 0.25) is 0 Å². The van der Waals surface area contributed by atoms with Crippen molar-refractivity contribution < 1.29 is 24.0 Å². The molecule has 0 radical (unpaired) electrons. The number of nitro groups is 1. The molecule has 0 aliphatic rings. The van der Waals surface area contributed by atoms with Gasteiger partial charge in [-0.2, -0.15) is 0 Å². The predicted molar refractivity (Wildman–Crippen MR) is 86.0 cm³/mol. The Morgan fingerprint density at radius 3 is 2.35 bits per heavy atom. The van der Waals surface area contributed by atoms with E-state index >= 15 is 0 Å². The van der Waals surface area contributed by atoms with Crippen molar-refractivity contribution in [2.24, 2.45) is 0 Å². The van der Waals surface area contributed by atoms with Gasteiger partial charge in [-0.15, -0.1) is 0 Å². The van der Waals surface area contributed by atoms with Crippen molar-refractivity contribution in [3.63, 3.8) is 0 Å². The lowest BCUT2D eigenvalue weighted by atomic mass is 10.1. The first-order valence-corrected chi connectivity index (χ1v) is 7.11. The molecular weight excluding hydrogens is 372 g/mol. The summed E-state index contributed by atoms with van der Waals surface area (Å²) in [6, 6.07) is 1.32. The Labute approximate surface area is 140 Å². The van der Waals surface area contributed by atoms with Gasteiger partial charge in [0.1, 0.15) is 11.4 Å². The van der Waals surface area contributed by atoms with E-state index in [1.165, 1.54) is 6.07 Å². The highest BCUT2D eigenvalue weighted by Crippen LogP contribution is 2.36. The fourth-order valence-corrected chi connectivity index (χ4v) is 2.24. The summed E-state index contributed by atoms with van der Waals surface area (Å²) in [5, 5.41) is 13.9. The zero-order chi connectivity index (χ0) is 17.7. The van der Waals surface area contributed by atoms with E-state index in [4.69, 9.17) is 0 Å². The minimum absolute atomic E-state index is 0.0938. The Morgan fingerprint density at radius 2 is 1.87 bits per heavy atom. The first-order valence-electron chi connectivity index (χ1n) is 6.32. The number of ether oxygens (including phenoxy) is 2. The zero-order valence-electron chi connectivity index (χ0n) is 12.9. The van der Waals surface area contributed by atoms with Crippen LogP contribution in [0.5, 0.6) is 0 Å².